The quantitative estimate of drug-likeness (QED) is 0.463. The minimum atomic E-state index is -1.01. The van der Waals surface area contributed by atoms with Crippen molar-refractivity contribution in [3.63, 3.8) is 0 Å². The van der Waals surface area contributed by atoms with E-state index in [4.69, 9.17) is 26.1 Å². The molecule has 206 valence electrons. The SMILES string of the molecule is COC(=O)C1=C(CCc2ccccc2)N=C(CC(=O)N2CCN(C)CC2)C(C(=O)OC)C1c1ccccc1Cl. The van der Waals surface area contributed by atoms with Gasteiger partial charge < -0.3 is 19.3 Å². The lowest BCUT2D eigenvalue weighted by Crippen LogP contribution is -2.48. The molecule has 2 aromatic rings. The van der Waals surface area contributed by atoms with E-state index in [1.165, 1.54) is 14.2 Å². The van der Waals surface area contributed by atoms with Crippen LogP contribution >= 0.6 is 11.6 Å². The molecule has 1 saturated heterocycles. The van der Waals surface area contributed by atoms with Crippen molar-refractivity contribution < 1.29 is 23.9 Å². The van der Waals surface area contributed by atoms with Crippen molar-refractivity contribution in [3.8, 4) is 0 Å². The van der Waals surface area contributed by atoms with Gasteiger partial charge in [-0.15, -0.1) is 0 Å². The summed E-state index contributed by atoms with van der Waals surface area (Å²) in [4.78, 5) is 48.9. The highest BCUT2D eigenvalue weighted by atomic mass is 35.5. The number of piperazine rings is 1. The normalized spacial score (nSPS) is 19.9. The Labute approximate surface area is 234 Å². The summed E-state index contributed by atoms with van der Waals surface area (Å²) >= 11 is 6.65. The average Bonchev–Trinajstić information content (AvgIpc) is 2.96. The number of hydrogen-bond donors (Lipinski definition) is 0. The second-order valence-corrected chi connectivity index (χ2v) is 10.2. The molecule has 0 saturated carbocycles. The highest BCUT2D eigenvalue weighted by Crippen LogP contribution is 2.44. The van der Waals surface area contributed by atoms with Gasteiger partial charge in [-0.1, -0.05) is 60.1 Å². The molecule has 0 spiro atoms. The maximum atomic E-state index is 13.4. The van der Waals surface area contributed by atoms with Gasteiger partial charge in [-0.3, -0.25) is 14.6 Å². The fraction of sp³-hybridized carbons (Fsp3) is 0.400. The Hall–Kier alpha value is -3.49. The molecule has 1 amide bonds. The number of nitrogens with zero attached hydrogens (tertiary/aromatic N) is 3. The molecule has 0 aliphatic carbocycles. The Balaban J connectivity index is 1.82. The smallest absolute Gasteiger partial charge is 0.336 e. The van der Waals surface area contributed by atoms with E-state index >= 15 is 0 Å². The molecule has 0 radical (unpaired) electrons. The number of amides is 1. The van der Waals surface area contributed by atoms with Gasteiger partial charge >= 0.3 is 11.9 Å². The number of ether oxygens (including phenoxy) is 2. The predicted octanol–water partition coefficient (Wildman–Crippen LogP) is 3.89. The summed E-state index contributed by atoms with van der Waals surface area (Å²) < 4.78 is 10.4. The van der Waals surface area contributed by atoms with Crippen LogP contribution in [0.3, 0.4) is 0 Å². The number of esters is 2. The first-order valence-electron chi connectivity index (χ1n) is 13.0. The maximum absolute atomic E-state index is 13.4. The molecule has 9 heteroatoms. The van der Waals surface area contributed by atoms with E-state index in [0.29, 0.717) is 47.9 Å². The van der Waals surface area contributed by atoms with E-state index in [9.17, 15) is 14.4 Å². The van der Waals surface area contributed by atoms with Gasteiger partial charge in [-0.25, -0.2) is 4.79 Å². The van der Waals surface area contributed by atoms with Crippen LogP contribution in [0.25, 0.3) is 0 Å². The lowest BCUT2D eigenvalue weighted by molar-refractivity contribution is -0.143. The van der Waals surface area contributed by atoms with Gasteiger partial charge in [-0.2, -0.15) is 0 Å². The van der Waals surface area contributed by atoms with E-state index in [-0.39, 0.29) is 17.9 Å². The number of hydrogen-bond acceptors (Lipinski definition) is 7. The third-order valence-electron chi connectivity index (χ3n) is 7.38. The van der Waals surface area contributed by atoms with Crippen molar-refractivity contribution >= 4 is 35.2 Å². The molecule has 1 fully saturated rings. The largest absolute Gasteiger partial charge is 0.468 e. The number of carbonyl (C=O) groups excluding carboxylic acids is 3. The Morgan fingerprint density at radius 3 is 2.23 bits per heavy atom. The first kappa shape index (κ1) is 28.5. The molecule has 0 N–H and O–H groups in total. The van der Waals surface area contributed by atoms with Gasteiger partial charge in [0.05, 0.1) is 31.9 Å². The fourth-order valence-electron chi connectivity index (χ4n) is 5.23. The zero-order valence-corrected chi connectivity index (χ0v) is 23.3. The van der Waals surface area contributed by atoms with Gasteiger partial charge in [-0.05, 0) is 37.1 Å². The Morgan fingerprint density at radius 1 is 0.923 bits per heavy atom. The maximum Gasteiger partial charge on any atom is 0.336 e. The molecular weight excluding hydrogens is 518 g/mol. The van der Waals surface area contributed by atoms with Gasteiger partial charge in [0.2, 0.25) is 5.91 Å². The van der Waals surface area contributed by atoms with Gasteiger partial charge in [0.25, 0.3) is 0 Å². The lowest BCUT2D eigenvalue weighted by atomic mass is 9.74. The number of aliphatic imine (C=N–C) groups is 1. The molecule has 4 rings (SSSR count). The first-order valence-corrected chi connectivity index (χ1v) is 13.4. The molecule has 2 aliphatic heterocycles. The van der Waals surface area contributed by atoms with Crippen LogP contribution in [0.5, 0.6) is 0 Å². The standard InChI is InChI=1S/C30H34ClN3O5/c1-33-15-17-34(18-16-33)25(35)19-24-28(30(37)39-3)26(21-11-7-8-12-22(21)31)27(29(36)38-2)23(32-24)14-13-20-9-5-4-6-10-20/h4-12,26,28H,13-19H2,1-3H3. The first-order chi connectivity index (χ1) is 18.8. The molecule has 2 unspecified atom stereocenters. The van der Waals surface area contributed by atoms with Crippen LogP contribution in [0.4, 0.5) is 0 Å². The number of rotatable bonds is 8. The zero-order valence-electron chi connectivity index (χ0n) is 22.6. The molecule has 0 aromatic heterocycles. The van der Waals surface area contributed by atoms with Crippen LogP contribution in [-0.2, 0) is 30.3 Å². The lowest BCUT2D eigenvalue weighted by Gasteiger charge is -2.35. The minimum Gasteiger partial charge on any atom is -0.468 e. The van der Waals surface area contributed by atoms with Crippen molar-refractivity contribution in [2.24, 2.45) is 10.9 Å². The summed E-state index contributed by atoms with van der Waals surface area (Å²) in [5.74, 6) is -3.13. The molecule has 2 aromatic carbocycles. The summed E-state index contributed by atoms with van der Waals surface area (Å²) in [7, 11) is 4.61. The van der Waals surface area contributed by atoms with Crippen LogP contribution in [0.1, 0.15) is 29.9 Å². The van der Waals surface area contributed by atoms with E-state index in [1.807, 2.05) is 37.4 Å². The second-order valence-electron chi connectivity index (χ2n) is 9.80. The number of aryl methyl sites for hydroxylation is 1. The van der Waals surface area contributed by atoms with Crippen LogP contribution < -0.4 is 0 Å². The van der Waals surface area contributed by atoms with Crippen molar-refractivity contribution in [2.45, 2.75) is 25.2 Å². The van der Waals surface area contributed by atoms with Crippen molar-refractivity contribution in [3.05, 3.63) is 82.0 Å². The molecule has 2 aliphatic rings. The molecule has 8 nitrogen and oxygen atoms in total. The predicted molar refractivity (Wildman–Crippen MR) is 150 cm³/mol. The van der Waals surface area contributed by atoms with Crippen LogP contribution in [-0.4, -0.2) is 80.8 Å². The molecular formula is C30H34ClN3O5. The highest BCUT2D eigenvalue weighted by Gasteiger charge is 2.45. The van der Waals surface area contributed by atoms with Crippen LogP contribution in [0.15, 0.2) is 70.9 Å². The van der Waals surface area contributed by atoms with E-state index in [2.05, 4.69) is 4.90 Å². The van der Waals surface area contributed by atoms with Crippen LogP contribution in [0.2, 0.25) is 5.02 Å². The minimum absolute atomic E-state index is 0.0618. The number of halogens is 1. The third-order valence-corrected chi connectivity index (χ3v) is 7.72. The Kier molecular flexibility index (Phi) is 9.54. The Morgan fingerprint density at radius 2 is 1.59 bits per heavy atom. The summed E-state index contributed by atoms with van der Waals surface area (Å²) in [6.45, 7) is 2.75. The third kappa shape index (κ3) is 6.57. The van der Waals surface area contributed by atoms with Gasteiger partial charge in [0.1, 0.15) is 5.92 Å². The van der Waals surface area contributed by atoms with Gasteiger partial charge in [0, 0.05) is 42.8 Å². The average molecular weight is 552 g/mol. The summed E-state index contributed by atoms with van der Waals surface area (Å²) in [6, 6.07) is 16.9. The monoisotopic (exact) mass is 551 g/mol. The highest BCUT2D eigenvalue weighted by molar-refractivity contribution is 6.31. The topological polar surface area (TPSA) is 88.5 Å². The zero-order chi connectivity index (χ0) is 27.9. The number of carbonyl (C=O) groups is 3. The van der Waals surface area contributed by atoms with Crippen molar-refractivity contribution in [1.82, 2.24) is 9.80 Å². The fourth-order valence-corrected chi connectivity index (χ4v) is 5.48. The van der Waals surface area contributed by atoms with E-state index in [1.54, 1.807) is 29.2 Å². The summed E-state index contributed by atoms with van der Waals surface area (Å²) in [6.07, 6.45) is 0.960. The van der Waals surface area contributed by atoms with Crippen LogP contribution in [0, 0.1) is 5.92 Å². The van der Waals surface area contributed by atoms with Gasteiger partial charge in [0.15, 0.2) is 0 Å². The summed E-state index contributed by atoms with van der Waals surface area (Å²) in [5, 5.41) is 0.395. The molecule has 2 atom stereocenters. The number of methoxy groups -OCH3 is 2. The number of benzene rings is 2. The number of likely N-dealkylation sites (N-methyl/N-ethyl adjacent to an activating group) is 1. The summed E-state index contributed by atoms with van der Waals surface area (Å²) in [5.41, 5.74) is 2.76. The van der Waals surface area contributed by atoms with Crippen molar-refractivity contribution in [2.75, 3.05) is 47.4 Å². The Bertz CT molecular complexity index is 1270. The number of allylic oxidation sites excluding steroid dienone is 1. The van der Waals surface area contributed by atoms with E-state index in [0.717, 1.165) is 18.7 Å². The second kappa shape index (κ2) is 13.0. The molecule has 39 heavy (non-hydrogen) atoms. The molecule has 0 bridgehead atoms. The van der Waals surface area contributed by atoms with Crippen molar-refractivity contribution in [1.29, 1.82) is 0 Å². The van der Waals surface area contributed by atoms with E-state index < -0.39 is 23.8 Å². The molecule has 2 heterocycles.